The smallest absolute Gasteiger partial charge is 0.171 e. The van der Waals surface area contributed by atoms with Crippen LogP contribution in [0.1, 0.15) is 25.7 Å². The maximum absolute atomic E-state index is 5.16. The second-order valence-electron chi connectivity index (χ2n) is 3.49. The van der Waals surface area contributed by atoms with E-state index >= 15 is 0 Å². The van der Waals surface area contributed by atoms with Crippen LogP contribution in [0, 0.1) is 0 Å². The number of aromatic amines is 1. The molecule has 0 aliphatic rings. The van der Waals surface area contributed by atoms with Gasteiger partial charge in [-0.3, -0.25) is 0 Å². The van der Waals surface area contributed by atoms with Gasteiger partial charge >= 0.3 is 0 Å². The minimum atomic E-state index is -0.248. The molecule has 0 aliphatic carbocycles. The van der Waals surface area contributed by atoms with Crippen molar-refractivity contribution >= 4 is 0 Å². The van der Waals surface area contributed by atoms with E-state index in [9.17, 15) is 0 Å². The van der Waals surface area contributed by atoms with Crippen LogP contribution in [0.4, 0.5) is 0 Å². The lowest BCUT2D eigenvalue weighted by Crippen LogP contribution is -2.41. The Morgan fingerprint density at radius 1 is 1.33 bits per heavy atom. The summed E-state index contributed by atoms with van der Waals surface area (Å²) in [5.74, 6) is 0.910. The van der Waals surface area contributed by atoms with E-state index in [4.69, 9.17) is 9.47 Å². The van der Waals surface area contributed by atoms with Crippen molar-refractivity contribution < 1.29 is 9.47 Å². The molecule has 0 aliphatic heterocycles. The Bertz CT molecular complexity index is 260. The maximum atomic E-state index is 5.16. The third-order valence-corrected chi connectivity index (χ3v) is 2.32. The summed E-state index contributed by atoms with van der Waals surface area (Å²) in [6.45, 7) is 4.05. The van der Waals surface area contributed by atoms with Gasteiger partial charge in [0.2, 0.25) is 0 Å². The molecule has 0 amide bonds. The van der Waals surface area contributed by atoms with Crippen LogP contribution in [0.2, 0.25) is 0 Å². The number of hydrogen-bond donors (Lipinski definition) is 2. The molecule has 2 N–H and O–H groups in total. The second-order valence-corrected chi connectivity index (χ2v) is 3.49. The molecule has 2 atom stereocenters. The molecule has 15 heavy (non-hydrogen) atoms. The van der Waals surface area contributed by atoms with Crippen LogP contribution < -0.4 is 5.32 Å². The van der Waals surface area contributed by atoms with Crippen LogP contribution in [0.3, 0.4) is 0 Å². The first-order valence-electron chi connectivity index (χ1n) is 5.00. The highest BCUT2D eigenvalue weighted by Gasteiger charge is 2.19. The van der Waals surface area contributed by atoms with E-state index in [0.717, 1.165) is 5.82 Å². The largest absolute Gasteiger partial charge is 0.354 e. The summed E-state index contributed by atoms with van der Waals surface area (Å²) >= 11 is 0. The van der Waals surface area contributed by atoms with Crippen molar-refractivity contribution in [2.45, 2.75) is 32.2 Å². The summed E-state index contributed by atoms with van der Waals surface area (Å²) in [4.78, 5) is 7.24. The Labute approximate surface area is 90.2 Å². The average molecular weight is 213 g/mol. The van der Waals surface area contributed by atoms with Gasteiger partial charge in [-0.1, -0.05) is 0 Å². The second kappa shape index (κ2) is 5.85. The van der Waals surface area contributed by atoms with E-state index in [1.807, 2.05) is 20.0 Å². The van der Waals surface area contributed by atoms with Gasteiger partial charge in [0.25, 0.3) is 0 Å². The van der Waals surface area contributed by atoms with Gasteiger partial charge in [0, 0.05) is 26.6 Å². The number of H-pyrrole nitrogens is 1. The summed E-state index contributed by atoms with van der Waals surface area (Å²) in [5.41, 5.74) is 0. The van der Waals surface area contributed by atoms with Gasteiger partial charge in [0.15, 0.2) is 6.29 Å². The minimum Gasteiger partial charge on any atom is -0.354 e. The normalized spacial score (nSPS) is 15.5. The van der Waals surface area contributed by atoms with Crippen LogP contribution in [0.25, 0.3) is 0 Å². The van der Waals surface area contributed by atoms with Gasteiger partial charge in [0.1, 0.15) is 5.82 Å². The van der Waals surface area contributed by atoms with Gasteiger partial charge in [-0.05, 0) is 13.8 Å². The third-order valence-electron chi connectivity index (χ3n) is 2.32. The van der Waals surface area contributed by atoms with E-state index in [0.29, 0.717) is 0 Å². The fraction of sp³-hybridized carbons (Fsp3) is 0.700. The number of imidazole rings is 1. The van der Waals surface area contributed by atoms with Gasteiger partial charge in [-0.25, -0.2) is 4.98 Å². The Morgan fingerprint density at radius 3 is 2.47 bits per heavy atom. The lowest BCUT2D eigenvalue weighted by Gasteiger charge is -2.24. The number of methoxy groups -OCH3 is 2. The lowest BCUT2D eigenvalue weighted by molar-refractivity contribution is -0.120. The first kappa shape index (κ1) is 12.2. The summed E-state index contributed by atoms with van der Waals surface area (Å²) in [6.07, 6.45) is 3.30. The summed E-state index contributed by atoms with van der Waals surface area (Å²) in [6, 6.07) is 0.239. The predicted octanol–water partition coefficient (Wildman–Crippen LogP) is 1.07. The fourth-order valence-corrected chi connectivity index (χ4v) is 1.57. The summed E-state index contributed by atoms with van der Waals surface area (Å²) in [5, 5.41) is 3.34. The predicted molar refractivity (Wildman–Crippen MR) is 57.4 cm³/mol. The van der Waals surface area contributed by atoms with Gasteiger partial charge in [-0.2, -0.15) is 0 Å². The van der Waals surface area contributed by atoms with Gasteiger partial charge < -0.3 is 19.8 Å². The number of nitrogens with one attached hydrogen (secondary N) is 2. The third kappa shape index (κ3) is 3.30. The SMILES string of the molecule is COC(OC)C(C)NC(C)c1ncc[nH]1. The van der Waals surface area contributed by atoms with Crippen LogP contribution in [-0.4, -0.2) is 36.5 Å². The van der Waals surface area contributed by atoms with E-state index in [2.05, 4.69) is 15.3 Å². The topological polar surface area (TPSA) is 59.2 Å². The standard InChI is InChI=1S/C10H19N3O2/c1-7(9-11-5-6-12-9)13-8(2)10(14-3)15-4/h5-8,10,13H,1-4H3,(H,11,12). The number of rotatable bonds is 6. The van der Waals surface area contributed by atoms with Crippen molar-refractivity contribution in [3.05, 3.63) is 18.2 Å². The molecule has 0 saturated heterocycles. The van der Waals surface area contributed by atoms with Crippen molar-refractivity contribution in [2.75, 3.05) is 14.2 Å². The van der Waals surface area contributed by atoms with Crippen molar-refractivity contribution in [1.82, 2.24) is 15.3 Å². The van der Waals surface area contributed by atoms with Crippen LogP contribution in [0.15, 0.2) is 12.4 Å². The summed E-state index contributed by atoms with van der Waals surface area (Å²) < 4.78 is 10.3. The molecule has 0 bridgehead atoms. The molecular weight excluding hydrogens is 194 g/mol. The molecule has 5 heteroatoms. The average Bonchev–Trinajstić information content (AvgIpc) is 2.72. The zero-order chi connectivity index (χ0) is 11.3. The number of aromatic nitrogens is 2. The Kier molecular flexibility index (Phi) is 4.74. The summed E-state index contributed by atoms with van der Waals surface area (Å²) in [7, 11) is 3.26. The zero-order valence-electron chi connectivity index (χ0n) is 9.65. The minimum absolute atomic E-state index is 0.0973. The Hall–Kier alpha value is -0.910. The molecule has 5 nitrogen and oxygen atoms in total. The zero-order valence-corrected chi connectivity index (χ0v) is 9.65. The molecule has 0 aromatic carbocycles. The number of ether oxygens (including phenoxy) is 2. The van der Waals surface area contributed by atoms with Gasteiger partial charge in [0.05, 0.1) is 12.1 Å². The highest BCUT2D eigenvalue weighted by atomic mass is 16.7. The molecule has 1 aromatic heterocycles. The highest BCUT2D eigenvalue weighted by molar-refractivity contribution is 4.94. The highest BCUT2D eigenvalue weighted by Crippen LogP contribution is 2.09. The van der Waals surface area contributed by atoms with Crippen LogP contribution in [0.5, 0.6) is 0 Å². The monoisotopic (exact) mass is 213 g/mol. The number of hydrogen-bond acceptors (Lipinski definition) is 4. The molecule has 0 radical (unpaired) electrons. The van der Waals surface area contributed by atoms with Crippen molar-refractivity contribution in [1.29, 1.82) is 0 Å². The lowest BCUT2D eigenvalue weighted by atomic mass is 10.2. The molecule has 1 rings (SSSR count). The fourth-order valence-electron chi connectivity index (χ4n) is 1.57. The molecule has 1 heterocycles. The quantitative estimate of drug-likeness (QED) is 0.694. The molecule has 2 unspecified atom stereocenters. The molecule has 1 aromatic rings. The van der Waals surface area contributed by atoms with Crippen molar-refractivity contribution in [2.24, 2.45) is 0 Å². The molecule has 0 fully saturated rings. The van der Waals surface area contributed by atoms with Crippen LogP contribution in [-0.2, 0) is 9.47 Å². The van der Waals surface area contributed by atoms with Crippen LogP contribution >= 0.6 is 0 Å². The molecular formula is C10H19N3O2. The maximum Gasteiger partial charge on any atom is 0.171 e. The van der Waals surface area contributed by atoms with E-state index in [-0.39, 0.29) is 18.4 Å². The van der Waals surface area contributed by atoms with Crippen molar-refractivity contribution in [3.8, 4) is 0 Å². The first-order valence-corrected chi connectivity index (χ1v) is 5.00. The first-order chi connectivity index (χ1) is 7.19. The molecule has 86 valence electrons. The van der Waals surface area contributed by atoms with E-state index in [1.54, 1.807) is 20.4 Å². The van der Waals surface area contributed by atoms with E-state index in [1.165, 1.54) is 0 Å². The Balaban J connectivity index is 2.47. The van der Waals surface area contributed by atoms with Crippen molar-refractivity contribution in [3.63, 3.8) is 0 Å². The molecule has 0 spiro atoms. The van der Waals surface area contributed by atoms with Gasteiger partial charge in [-0.15, -0.1) is 0 Å². The van der Waals surface area contributed by atoms with E-state index < -0.39 is 0 Å². The molecule has 0 saturated carbocycles. The number of nitrogens with zero attached hydrogens (tertiary/aromatic N) is 1. The Morgan fingerprint density at radius 2 is 2.00 bits per heavy atom.